The van der Waals surface area contributed by atoms with Gasteiger partial charge in [-0.1, -0.05) is 29.3 Å². The largest absolute Gasteiger partial charge is 0.443 e. The second-order valence-corrected chi connectivity index (χ2v) is 9.81. The molecule has 1 aromatic carbocycles. The molecule has 0 saturated carbocycles. The lowest BCUT2D eigenvalue weighted by Gasteiger charge is -2.30. The predicted octanol–water partition coefficient (Wildman–Crippen LogP) is 4.28. The molecule has 0 radical (unpaired) electrons. The molecule has 1 aromatic rings. The van der Waals surface area contributed by atoms with E-state index in [9.17, 15) is 13.2 Å². The maximum atomic E-state index is 12.6. The summed E-state index contributed by atoms with van der Waals surface area (Å²) in [5.74, 6) is 0. The molecule has 1 amide bonds. The summed E-state index contributed by atoms with van der Waals surface area (Å²) < 4.78 is 32.9. The molecule has 152 valence electrons. The Kier molecular flexibility index (Phi) is 7.41. The zero-order valence-corrected chi connectivity index (χ0v) is 18.0. The van der Waals surface area contributed by atoms with Crippen LogP contribution < -0.4 is 0 Å². The summed E-state index contributed by atoms with van der Waals surface area (Å²) in [6, 6.07) is 5.15. The molecular weight excluding hydrogens is 413 g/mol. The number of carbonyl (C=O) groups is 1. The van der Waals surface area contributed by atoms with Crippen LogP contribution in [0.1, 0.15) is 38.7 Å². The maximum Gasteiger partial charge on any atom is 0.410 e. The number of likely N-dealkylation sites (tertiary alicyclic amines) is 1. The number of amides is 1. The highest BCUT2D eigenvalue weighted by Crippen LogP contribution is 2.27. The summed E-state index contributed by atoms with van der Waals surface area (Å²) in [6.45, 7) is 4.18. The van der Waals surface area contributed by atoms with Gasteiger partial charge in [-0.3, -0.25) is 4.18 Å². The van der Waals surface area contributed by atoms with Crippen molar-refractivity contribution in [3.8, 4) is 0 Å². The van der Waals surface area contributed by atoms with Gasteiger partial charge in [0.05, 0.1) is 28.9 Å². The standard InChI is InChI=1S/C18H25Cl2NO5S/c1-18(2,9-8-13-6-7-15(19)16(20)11-13)26-17(22)21-10-4-5-14(21)12-25-27(3,23)24/h6-7,11,14H,4-5,8-10,12H2,1-3H3. The number of ether oxygens (including phenoxy) is 1. The SMILES string of the molecule is CC(C)(CCc1ccc(Cl)c(Cl)c1)OC(=O)N1CCCC1COS(C)(=O)=O. The van der Waals surface area contributed by atoms with Gasteiger partial charge in [0.1, 0.15) is 5.60 Å². The molecule has 1 unspecified atom stereocenters. The molecule has 0 spiro atoms. The number of rotatable bonds is 7. The molecule has 1 saturated heterocycles. The molecule has 27 heavy (non-hydrogen) atoms. The molecule has 6 nitrogen and oxygen atoms in total. The minimum absolute atomic E-state index is 0.0440. The van der Waals surface area contributed by atoms with E-state index in [-0.39, 0.29) is 12.6 Å². The van der Waals surface area contributed by atoms with E-state index in [1.165, 1.54) is 0 Å². The average Bonchev–Trinajstić information content (AvgIpc) is 3.02. The van der Waals surface area contributed by atoms with Crippen LogP contribution in [0.5, 0.6) is 0 Å². The van der Waals surface area contributed by atoms with Gasteiger partial charge in [0.2, 0.25) is 0 Å². The van der Waals surface area contributed by atoms with Crippen LogP contribution in [-0.2, 0) is 25.5 Å². The Labute approximate surface area is 170 Å². The van der Waals surface area contributed by atoms with Crippen LogP contribution in [0.2, 0.25) is 10.0 Å². The summed E-state index contributed by atoms with van der Waals surface area (Å²) in [5, 5.41) is 0.997. The first-order chi connectivity index (χ1) is 12.5. The first-order valence-corrected chi connectivity index (χ1v) is 11.3. The van der Waals surface area contributed by atoms with E-state index in [0.29, 0.717) is 35.9 Å². The Hall–Kier alpha value is -1.02. The lowest BCUT2D eigenvalue weighted by Crippen LogP contribution is -2.42. The van der Waals surface area contributed by atoms with E-state index in [2.05, 4.69) is 0 Å². The zero-order chi connectivity index (χ0) is 20.2. The number of carbonyl (C=O) groups excluding carboxylic acids is 1. The molecule has 1 atom stereocenters. The van der Waals surface area contributed by atoms with E-state index in [0.717, 1.165) is 18.2 Å². The number of nitrogens with zero attached hydrogens (tertiary/aromatic N) is 1. The molecule has 1 aliphatic rings. The lowest BCUT2D eigenvalue weighted by molar-refractivity contribution is 0.00370. The van der Waals surface area contributed by atoms with Gasteiger partial charge < -0.3 is 9.64 Å². The van der Waals surface area contributed by atoms with Gasteiger partial charge >= 0.3 is 6.09 Å². The van der Waals surface area contributed by atoms with Crippen LogP contribution in [0.3, 0.4) is 0 Å². The predicted molar refractivity (Wildman–Crippen MR) is 106 cm³/mol. The fourth-order valence-corrected chi connectivity index (χ4v) is 3.66. The van der Waals surface area contributed by atoms with Crippen LogP contribution in [0, 0.1) is 0 Å². The molecule has 0 bridgehead atoms. The number of benzene rings is 1. The van der Waals surface area contributed by atoms with Crippen molar-refractivity contribution in [2.75, 3.05) is 19.4 Å². The Morgan fingerprint density at radius 3 is 2.63 bits per heavy atom. The van der Waals surface area contributed by atoms with Crippen molar-refractivity contribution in [2.45, 2.75) is 51.2 Å². The normalized spacial score (nSPS) is 18.0. The van der Waals surface area contributed by atoms with Crippen LogP contribution >= 0.6 is 23.2 Å². The summed E-state index contributed by atoms with van der Waals surface area (Å²) in [4.78, 5) is 14.1. The Bertz CT molecular complexity index is 782. The number of aryl methyl sites for hydroxylation is 1. The van der Waals surface area contributed by atoms with Crippen LogP contribution in [0.4, 0.5) is 4.79 Å². The van der Waals surface area contributed by atoms with Crippen LogP contribution in [-0.4, -0.2) is 50.5 Å². The van der Waals surface area contributed by atoms with E-state index in [1.807, 2.05) is 19.9 Å². The average molecular weight is 438 g/mol. The van der Waals surface area contributed by atoms with Gasteiger partial charge in [-0.2, -0.15) is 8.42 Å². The quantitative estimate of drug-likeness (QED) is 0.594. The molecule has 0 aliphatic carbocycles. The van der Waals surface area contributed by atoms with E-state index in [1.54, 1.807) is 17.0 Å². The van der Waals surface area contributed by atoms with Crippen molar-refractivity contribution in [1.82, 2.24) is 4.90 Å². The lowest BCUT2D eigenvalue weighted by atomic mass is 9.98. The van der Waals surface area contributed by atoms with Crippen molar-refractivity contribution in [3.63, 3.8) is 0 Å². The number of hydrogen-bond acceptors (Lipinski definition) is 5. The Morgan fingerprint density at radius 1 is 1.30 bits per heavy atom. The number of halogens is 2. The smallest absolute Gasteiger partial charge is 0.410 e. The summed E-state index contributed by atoms with van der Waals surface area (Å²) >= 11 is 12.0. The monoisotopic (exact) mass is 437 g/mol. The highest BCUT2D eigenvalue weighted by atomic mass is 35.5. The number of hydrogen-bond donors (Lipinski definition) is 0. The summed E-state index contributed by atoms with van der Waals surface area (Å²) in [7, 11) is -3.54. The second kappa shape index (κ2) is 8.99. The first kappa shape index (κ1) is 22.3. The fraction of sp³-hybridized carbons (Fsp3) is 0.611. The van der Waals surface area contributed by atoms with E-state index < -0.39 is 21.8 Å². The van der Waals surface area contributed by atoms with Crippen molar-refractivity contribution in [1.29, 1.82) is 0 Å². The zero-order valence-electron chi connectivity index (χ0n) is 15.7. The Balaban J connectivity index is 1.91. The highest BCUT2D eigenvalue weighted by Gasteiger charge is 2.34. The van der Waals surface area contributed by atoms with Crippen molar-refractivity contribution in [3.05, 3.63) is 33.8 Å². The van der Waals surface area contributed by atoms with Crippen LogP contribution in [0.15, 0.2) is 18.2 Å². The highest BCUT2D eigenvalue weighted by molar-refractivity contribution is 7.85. The minimum Gasteiger partial charge on any atom is -0.443 e. The fourth-order valence-electron chi connectivity index (χ4n) is 2.94. The third kappa shape index (κ3) is 7.14. The molecule has 1 aliphatic heterocycles. The van der Waals surface area contributed by atoms with Gasteiger partial charge in [0.25, 0.3) is 10.1 Å². The molecule has 2 rings (SSSR count). The molecule has 1 heterocycles. The molecule has 0 aromatic heterocycles. The third-order valence-corrected chi connectivity index (χ3v) is 5.75. The maximum absolute atomic E-state index is 12.6. The van der Waals surface area contributed by atoms with Crippen LogP contribution in [0.25, 0.3) is 0 Å². The molecule has 9 heteroatoms. The summed E-state index contributed by atoms with van der Waals surface area (Å²) in [5.41, 5.74) is 0.322. The van der Waals surface area contributed by atoms with Gasteiger partial charge in [-0.25, -0.2) is 4.79 Å². The van der Waals surface area contributed by atoms with E-state index >= 15 is 0 Å². The van der Waals surface area contributed by atoms with Crippen molar-refractivity contribution in [2.24, 2.45) is 0 Å². The minimum atomic E-state index is -3.54. The molecule has 1 fully saturated rings. The van der Waals surface area contributed by atoms with Gasteiger partial charge in [0, 0.05) is 6.54 Å². The molecule has 0 N–H and O–H groups in total. The Morgan fingerprint density at radius 2 is 2.00 bits per heavy atom. The topological polar surface area (TPSA) is 72.9 Å². The first-order valence-electron chi connectivity index (χ1n) is 8.75. The van der Waals surface area contributed by atoms with E-state index in [4.69, 9.17) is 32.1 Å². The van der Waals surface area contributed by atoms with Gasteiger partial charge in [-0.05, 0) is 57.2 Å². The third-order valence-electron chi connectivity index (χ3n) is 4.45. The van der Waals surface area contributed by atoms with Crippen molar-refractivity contribution >= 4 is 39.4 Å². The molecular formula is C18H25Cl2NO5S. The van der Waals surface area contributed by atoms with Gasteiger partial charge in [-0.15, -0.1) is 0 Å². The second-order valence-electron chi connectivity index (χ2n) is 7.35. The summed E-state index contributed by atoms with van der Waals surface area (Å²) in [6.07, 6.45) is 3.31. The van der Waals surface area contributed by atoms with Crippen molar-refractivity contribution < 1.29 is 22.1 Å². The van der Waals surface area contributed by atoms with Gasteiger partial charge in [0.15, 0.2) is 0 Å².